The van der Waals surface area contributed by atoms with Gasteiger partial charge in [0.2, 0.25) is 0 Å². The smallest absolute Gasteiger partial charge is 0.264 e. The molecule has 0 aliphatic carbocycles. The molecule has 2 unspecified atom stereocenters. The van der Waals surface area contributed by atoms with Crippen LogP contribution in [0.15, 0.2) is 42.5 Å². The molecule has 0 radical (unpaired) electrons. The molecular weight excluding hydrogens is 400 g/mol. The molecule has 0 saturated carbocycles. The third kappa shape index (κ3) is 3.84. The third-order valence-corrected chi connectivity index (χ3v) is 6.94. The molecule has 1 fully saturated rings. The molecule has 0 aromatic heterocycles. The van der Waals surface area contributed by atoms with Crippen LogP contribution < -0.4 is 19.9 Å². The normalized spacial score (nSPS) is 22.8. The molecule has 2 atom stereocenters. The molecule has 6 nitrogen and oxygen atoms in total. The summed E-state index contributed by atoms with van der Waals surface area (Å²) in [6, 6.07) is 13.5. The number of nitrogens with zero attached hydrogens (tertiary/aromatic N) is 3. The summed E-state index contributed by atoms with van der Waals surface area (Å²) in [6.45, 7) is 8.67. The van der Waals surface area contributed by atoms with Crippen molar-refractivity contribution in [3.8, 4) is 5.75 Å². The van der Waals surface area contributed by atoms with Crippen LogP contribution in [0.1, 0.15) is 25.0 Å². The predicted molar refractivity (Wildman–Crippen MR) is 131 cm³/mol. The molecule has 6 heteroatoms. The Kier molecular flexibility index (Phi) is 5.55. The first-order valence-electron chi connectivity index (χ1n) is 11.6. The van der Waals surface area contributed by atoms with Gasteiger partial charge in [0.05, 0.1) is 5.69 Å². The van der Waals surface area contributed by atoms with E-state index in [0.29, 0.717) is 12.1 Å². The number of piperazine rings is 1. The van der Waals surface area contributed by atoms with Crippen LogP contribution in [0.4, 0.5) is 17.1 Å². The molecular formula is C26H32N4O2. The van der Waals surface area contributed by atoms with Gasteiger partial charge in [0.1, 0.15) is 5.75 Å². The highest BCUT2D eigenvalue weighted by Crippen LogP contribution is 2.36. The number of likely N-dealkylation sites (N-methyl/N-ethyl adjacent to an activating group) is 1. The Morgan fingerprint density at radius 2 is 1.91 bits per heavy atom. The van der Waals surface area contributed by atoms with Crippen LogP contribution in [0.25, 0.3) is 6.08 Å². The minimum atomic E-state index is 0.00185. The van der Waals surface area contributed by atoms with E-state index in [-0.39, 0.29) is 12.5 Å². The summed E-state index contributed by atoms with van der Waals surface area (Å²) >= 11 is 0. The van der Waals surface area contributed by atoms with Crippen LogP contribution in [-0.4, -0.2) is 62.7 Å². The van der Waals surface area contributed by atoms with Crippen molar-refractivity contribution in [2.45, 2.75) is 32.4 Å². The fourth-order valence-corrected chi connectivity index (χ4v) is 5.04. The number of anilines is 3. The number of hydrogen-bond donors (Lipinski definition) is 1. The molecule has 1 amide bonds. The van der Waals surface area contributed by atoms with Crippen molar-refractivity contribution in [2.24, 2.45) is 0 Å². The van der Waals surface area contributed by atoms with Gasteiger partial charge in [-0.25, -0.2) is 0 Å². The summed E-state index contributed by atoms with van der Waals surface area (Å²) in [4.78, 5) is 18.7. The second kappa shape index (κ2) is 8.51. The molecule has 1 saturated heterocycles. The lowest BCUT2D eigenvalue weighted by Crippen LogP contribution is -2.52. The maximum atomic E-state index is 11.9. The highest BCUT2D eigenvalue weighted by atomic mass is 16.5. The molecule has 3 aliphatic heterocycles. The number of para-hydroxylation sites is 1. The molecule has 168 valence electrons. The van der Waals surface area contributed by atoms with Crippen LogP contribution >= 0.6 is 0 Å². The standard InChI is InChI=1S/C26H32N4O2/c1-18-10-11-21-22(27-18)7-5-8-23(21)30-15-14-29(19(2)16-30)13-12-20-6-4-9-24-26(20)32-17-25(31)28(24)3/h4-11,18-19,27H,12-17H2,1-3H3. The summed E-state index contributed by atoms with van der Waals surface area (Å²) in [5, 5.41) is 3.57. The van der Waals surface area contributed by atoms with E-state index in [1.807, 2.05) is 19.2 Å². The van der Waals surface area contributed by atoms with Gasteiger partial charge in [0.15, 0.2) is 6.61 Å². The van der Waals surface area contributed by atoms with Crippen molar-refractivity contribution in [3.05, 3.63) is 53.6 Å². The molecule has 3 aliphatic rings. The Bertz CT molecular complexity index is 1050. The number of fused-ring (bicyclic) bond motifs is 2. The SMILES string of the molecule is CC1C=Cc2c(cccc2N2CCN(CCc3cccc4c3OCC(=O)N4C)C(C)C2)N1. The summed E-state index contributed by atoms with van der Waals surface area (Å²) in [5.41, 5.74) is 5.91. The van der Waals surface area contributed by atoms with E-state index in [2.05, 4.69) is 65.4 Å². The zero-order chi connectivity index (χ0) is 22.2. The van der Waals surface area contributed by atoms with Crippen LogP contribution in [-0.2, 0) is 11.2 Å². The second-order valence-corrected chi connectivity index (χ2v) is 9.12. The number of benzene rings is 2. The highest BCUT2D eigenvalue weighted by Gasteiger charge is 2.28. The first-order valence-corrected chi connectivity index (χ1v) is 11.6. The number of nitrogens with one attached hydrogen (secondary N) is 1. The lowest BCUT2D eigenvalue weighted by atomic mass is 10.0. The Morgan fingerprint density at radius 3 is 2.75 bits per heavy atom. The second-order valence-electron chi connectivity index (χ2n) is 9.12. The number of rotatable bonds is 4. The molecule has 0 spiro atoms. The van der Waals surface area contributed by atoms with E-state index in [9.17, 15) is 4.79 Å². The topological polar surface area (TPSA) is 48.1 Å². The molecule has 32 heavy (non-hydrogen) atoms. The summed E-state index contributed by atoms with van der Waals surface area (Å²) < 4.78 is 5.81. The summed E-state index contributed by atoms with van der Waals surface area (Å²) in [5.74, 6) is 0.868. The van der Waals surface area contributed by atoms with Crippen molar-refractivity contribution in [3.63, 3.8) is 0 Å². The van der Waals surface area contributed by atoms with Gasteiger partial charge in [0, 0.05) is 62.2 Å². The molecule has 5 rings (SSSR count). The molecule has 2 aromatic carbocycles. The number of carbonyl (C=O) groups is 1. The van der Waals surface area contributed by atoms with Gasteiger partial charge in [-0.1, -0.05) is 30.4 Å². The zero-order valence-corrected chi connectivity index (χ0v) is 19.2. The van der Waals surface area contributed by atoms with Crippen molar-refractivity contribution >= 4 is 29.0 Å². The van der Waals surface area contributed by atoms with Crippen LogP contribution in [0.5, 0.6) is 5.75 Å². The van der Waals surface area contributed by atoms with Crippen molar-refractivity contribution in [1.82, 2.24) is 4.90 Å². The fourth-order valence-electron chi connectivity index (χ4n) is 5.04. The Morgan fingerprint density at radius 1 is 1.09 bits per heavy atom. The minimum Gasteiger partial charge on any atom is -0.481 e. The van der Waals surface area contributed by atoms with Gasteiger partial charge in [-0.3, -0.25) is 9.69 Å². The van der Waals surface area contributed by atoms with E-state index in [1.54, 1.807) is 4.90 Å². The Balaban J connectivity index is 1.25. The van der Waals surface area contributed by atoms with E-state index in [1.165, 1.54) is 22.5 Å². The zero-order valence-electron chi connectivity index (χ0n) is 19.2. The van der Waals surface area contributed by atoms with E-state index in [0.717, 1.165) is 44.0 Å². The molecule has 0 bridgehead atoms. The maximum absolute atomic E-state index is 11.9. The van der Waals surface area contributed by atoms with Crippen LogP contribution in [0.3, 0.4) is 0 Å². The maximum Gasteiger partial charge on any atom is 0.264 e. The van der Waals surface area contributed by atoms with E-state index in [4.69, 9.17) is 4.74 Å². The number of amides is 1. The largest absolute Gasteiger partial charge is 0.481 e. The summed E-state index contributed by atoms with van der Waals surface area (Å²) in [6.07, 6.45) is 5.42. The van der Waals surface area contributed by atoms with Gasteiger partial charge >= 0.3 is 0 Å². The highest BCUT2D eigenvalue weighted by molar-refractivity contribution is 5.97. The van der Waals surface area contributed by atoms with E-state index >= 15 is 0 Å². The van der Waals surface area contributed by atoms with Crippen molar-refractivity contribution < 1.29 is 9.53 Å². The fraction of sp³-hybridized carbons (Fsp3) is 0.423. The van der Waals surface area contributed by atoms with Gasteiger partial charge in [-0.05, 0) is 44.0 Å². The van der Waals surface area contributed by atoms with Crippen LogP contribution in [0, 0.1) is 0 Å². The van der Waals surface area contributed by atoms with Crippen molar-refractivity contribution in [1.29, 1.82) is 0 Å². The van der Waals surface area contributed by atoms with Gasteiger partial charge in [-0.15, -0.1) is 0 Å². The first-order chi connectivity index (χ1) is 15.5. The lowest BCUT2D eigenvalue weighted by molar-refractivity contribution is -0.121. The Labute approximate surface area is 190 Å². The number of ether oxygens (including phenoxy) is 1. The average molecular weight is 433 g/mol. The molecule has 1 N–H and O–H groups in total. The quantitative estimate of drug-likeness (QED) is 0.800. The van der Waals surface area contributed by atoms with Crippen molar-refractivity contribution in [2.75, 3.05) is 55.0 Å². The van der Waals surface area contributed by atoms with Crippen LogP contribution in [0.2, 0.25) is 0 Å². The molecule has 2 aromatic rings. The van der Waals surface area contributed by atoms with Gasteiger partial charge in [0.25, 0.3) is 5.91 Å². The van der Waals surface area contributed by atoms with Gasteiger partial charge < -0.3 is 19.9 Å². The lowest BCUT2D eigenvalue weighted by Gasteiger charge is -2.42. The number of carbonyl (C=O) groups excluding carboxylic acids is 1. The summed E-state index contributed by atoms with van der Waals surface area (Å²) in [7, 11) is 1.82. The number of hydrogen-bond acceptors (Lipinski definition) is 5. The minimum absolute atomic E-state index is 0.00185. The van der Waals surface area contributed by atoms with E-state index < -0.39 is 0 Å². The monoisotopic (exact) mass is 432 g/mol. The Hall–Kier alpha value is -2.99. The first kappa shape index (κ1) is 20.9. The van der Waals surface area contributed by atoms with Gasteiger partial charge in [-0.2, -0.15) is 0 Å². The predicted octanol–water partition coefficient (Wildman–Crippen LogP) is 3.62. The molecule has 3 heterocycles. The third-order valence-electron chi connectivity index (χ3n) is 6.94. The average Bonchev–Trinajstić information content (AvgIpc) is 2.80.